The normalized spacial score (nSPS) is 24.7. The Hall–Kier alpha value is -3.31. The number of ether oxygens (including phenoxy) is 1. The molecule has 198 valence electrons. The molecule has 0 saturated carbocycles. The standard InChI is InChI=1S/C26H29F3N4O4/c27-26(28,29)18-5-2-1-4-16(18)21-6-3-9-33(21)24(35)13-31-25(36)30-12-15-7-8-19-17(10-15)23-11-20(32-19)22(34)14-37-23/h1-2,4-5,7-8,10,20-23,32,34H,3,6,9,11-14H2,(H2,30,31,36)/t20-,21?,22+,23+/m0/s1. The number of halogens is 3. The van der Waals surface area contributed by atoms with E-state index < -0.39 is 35.8 Å². The predicted octanol–water partition coefficient (Wildman–Crippen LogP) is 3.48. The zero-order valence-electron chi connectivity index (χ0n) is 20.1. The Morgan fingerprint density at radius 3 is 2.76 bits per heavy atom. The van der Waals surface area contributed by atoms with Crippen molar-refractivity contribution in [3.63, 3.8) is 0 Å². The van der Waals surface area contributed by atoms with Gasteiger partial charge in [-0.05, 0) is 42.2 Å². The van der Waals surface area contributed by atoms with Crippen molar-refractivity contribution in [1.29, 1.82) is 0 Å². The first-order valence-electron chi connectivity index (χ1n) is 12.4. The Morgan fingerprint density at radius 1 is 1.14 bits per heavy atom. The molecule has 8 nitrogen and oxygen atoms in total. The molecule has 4 atom stereocenters. The molecule has 3 amide bonds. The van der Waals surface area contributed by atoms with Gasteiger partial charge in [-0.3, -0.25) is 4.79 Å². The predicted molar refractivity (Wildman–Crippen MR) is 129 cm³/mol. The van der Waals surface area contributed by atoms with Crippen LogP contribution in [0.5, 0.6) is 0 Å². The van der Waals surface area contributed by atoms with Crippen LogP contribution in [0, 0.1) is 0 Å². The Kier molecular flexibility index (Phi) is 7.00. The van der Waals surface area contributed by atoms with E-state index >= 15 is 0 Å². The number of fused-ring (bicyclic) bond motifs is 4. The maximum atomic E-state index is 13.5. The van der Waals surface area contributed by atoms with Crippen molar-refractivity contribution in [3.05, 3.63) is 64.7 Å². The topological polar surface area (TPSA) is 103 Å². The molecule has 3 aliphatic rings. The number of anilines is 1. The highest BCUT2D eigenvalue weighted by atomic mass is 19.4. The Bertz CT molecular complexity index is 1170. The molecule has 0 spiro atoms. The molecule has 11 heteroatoms. The van der Waals surface area contributed by atoms with E-state index in [0.29, 0.717) is 25.8 Å². The average Bonchev–Trinajstić information content (AvgIpc) is 3.38. The monoisotopic (exact) mass is 518 g/mol. The van der Waals surface area contributed by atoms with Crippen molar-refractivity contribution in [2.75, 3.05) is 25.0 Å². The third kappa shape index (κ3) is 5.37. The summed E-state index contributed by atoms with van der Waals surface area (Å²) in [4.78, 5) is 26.6. The van der Waals surface area contributed by atoms with Gasteiger partial charge in [0.05, 0.1) is 43.0 Å². The largest absolute Gasteiger partial charge is 0.416 e. The van der Waals surface area contributed by atoms with Crippen LogP contribution < -0.4 is 16.0 Å². The van der Waals surface area contributed by atoms with Gasteiger partial charge in [-0.25, -0.2) is 4.79 Å². The van der Waals surface area contributed by atoms with Crippen molar-refractivity contribution >= 4 is 17.6 Å². The van der Waals surface area contributed by atoms with Crippen LogP contribution in [0.15, 0.2) is 42.5 Å². The van der Waals surface area contributed by atoms with Crippen LogP contribution >= 0.6 is 0 Å². The molecule has 3 heterocycles. The number of carbonyl (C=O) groups is 2. The highest BCUT2D eigenvalue weighted by Gasteiger charge is 2.39. The van der Waals surface area contributed by atoms with Crippen molar-refractivity contribution in [1.82, 2.24) is 15.5 Å². The molecule has 0 aliphatic carbocycles. The van der Waals surface area contributed by atoms with Crippen molar-refractivity contribution in [3.8, 4) is 0 Å². The Labute approximate surface area is 212 Å². The summed E-state index contributed by atoms with van der Waals surface area (Å²) in [5.41, 5.74) is 2.05. The smallest absolute Gasteiger partial charge is 0.389 e. The minimum atomic E-state index is -4.51. The zero-order valence-corrected chi connectivity index (χ0v) is 20.1. The minimum Gasteiger partial charge on any atom is -0.389 e. The van der Waals surface area contributed by atoms with Gasteiger partial charge in [0.2, 0.25) is 5.91 Å². The summed E-state index contributed by atoms with van der Waals surface area (Å²) < 4.78 is 46.2. The van der Waals surface area contributed by atoms with Gasteiger partial charge in [-0.2, -0.15) is 13.2 Å². The molecular weight excluding hydrogens is 489 g/mol. The van der Waals surface area contributed by atoms with Crippen LogP contribution in [0.25, 0.3) is 0 Å². The lowest BCUT2D eigenvalue weighted by Gasteiger charge is -2.40. The van der Waals surface area contributed by atoms with E-state index in [9.17, 15) is 27.9 Å². The molecule has 2 bridgehead atoms. The number of aliphatic hydroxyl groups excluding tert-OH is 1. The Balaban J connectivity index is 1.15. The fourth-order valence-corrected chi connectivity index (χ4v) is 5.41. The maximum Gasteiger partial charge on any atom is 0.416 e. The number of benzene rings is 2. The summed E-state index contributed by atoms with van der Waals surface area (Å²) in [6.45, 7) is 0.505. The molecule has 0 aromatic heterocycles. The van der Waals surface area contributed by atoms with Gasteiger partial charge in [0.1, 0.15) is 0 Å². The molecule has 1 unspecified atom stereocenters. The van der Waals surface area contributed by atoms with E-state index in [1.807, 2.05) is 18.2 Å². The fraction of sp³-hybridized carbons (Fsp3) is 0.462. The second-order valence-corrected chi connectivity index (χ2v) is 9.66. The lowest BCUT2D eigenvalue weighted by atomic mass is 9.89. The molecule has 3 aliphatic heterocycles. The summed E-state index contributed by atoms with van der Waals surface area (Å²) in [6.07, 6.45) is -3.49. The van der Waals surface area contributed by atoms with E-state index in [2.05, 4.69) is 16.0 Å². The molecule has 0 radical (unpaired) electrons. The summed E-state index contributed by atoms with van der Waals surface area (Å²) in [6, 6.07) is 9.73. The van der Waals surface area contributed by atoms with Gasteiger partial charge in [0.15, 0.2) is 0 Å². The number of aliphatic hydroxyl groups is 1. The lowest BCUT2D eigenvalue weighted by molar-refractivity contribution is -0.140. The van der Waals surface area contributed by atoms with Crippen LogP contribution in [0.1, 0.15) is 53.7 Å². The molecular formula is C26H29F3N4O4. The van der Waals surface area contributed by atoms with E-state index in [0.717, 1.165) is 22.9 Å². The molecule has 2 aromatic carbocycles. The number of hydrogen-bond acceptors (Lipinski definition) is 5. The van der Waals surface area contributed by atoms with E-state index in [-0.39, 0.29) is 37.4 Å². The van der Waals surface area contributed by atoms with E-state index in [1.165, 1.54) is 23.1 Å². The number of carbonyl (C=O) groups excluding carboxylic acids is 2. The van der Waals surface area contributed by atoms with Crippen LogP contribution in [0.3, 0.4) is 0 Å². The number of urea groups is 1. The van der Waals surface area contributed by atoms with Crippen molar-refractivity contribution in [2.45, 2.75) is 56.3 Å². The highest BCUT2D eigenvalue weighted by molar-refractivity contribution is 5.84. The first kappa shape index (κ1) is 25.3. The van der Waals surface area contributed by atoms with Gasteiger partial charge in [0.25, 0.3) is 0 Å². The number of nitrogens with zero attached hydrogens (tertiary/aromatic N) is 1. The zero-order chi connectivity index (χ0) is 26.2. The van der Waals surface area contributed by atoms with Crippen molar-refractivity contribution in [2.24, 2.45) is 0 Å². The molecule has 37 heavy (non-hydrogen) atoms. The third-order valence-electron chi connectivity index (χ3n) is 7.26. The first-order valence-corrected chi connectivity index (χ1v) is 12.4. The highest BCUT2D eigenvalue weighted by Crippen LogP contribution is 2.41. The van der Waals surface area contributed by atoms with Crippen molar-refractivity contribution < 1.29 is 32.6 Å². The number of nitrogens with one attached hydrogen (secondary N) is 3. The maximum absolute atomic E-state index is 13.5. The van der Waals surface area contributed by atoms with Gasteiger partial charge in [-0.1, -0.05) is 24.3 Å². The molecule has 2 saturated heterocycles. The van der Waals surface area contributed by atoms with Crippen LogP contribution in [0.2, 0.25) is 0 Å². The number of amides is 3. The average molecular weight is 519 g/mol. The number of alkyl halides is 3. The summed E-state index contributed by atoms with van der Waals surface area (Å²) in [5, 5.41) is 18.6. The summed E-state index contributed by atoms with van der Waals surface area (Å²) in [5.74, 6) is -0.430. The van der Waals surface area contributed by atoms with Crippen LogP contribution in [-0.4, -0.2) is 53.8 Å². The molecule has 4 N–H and O–H groups in total. The molecule has 2 aromatic rings. The van der Waals surface area contributed by atoms with Crippen LogP contribution in [-0.2, 0) is 22.3 Å². The van der Waals surface area contributed by atoms with Crippen LogP contribution in [0.4, 0.5) is 23.7 Å². The summed E-state index contributed by atoms with van der Waals surface area (Å²) in [7, 11) is 0. The number of hydrogen-bond donors (Lipinski definition) is 4. The Morgan fingerprint density at radius 2 is 1.95 bits per heavy atom. The van der Waals surface area contributed by atoms with Gasteiger partial charge < -0.3 is 30.7 Å². The van der Waals surface area contributed by atoms with E-state index in [1.54, 1.807) is 0 Å². The third-order valence-corrected chi connectivity index (χ3v) is 7.26. The quantitative estimate of drug-likeness (QED) is 0.486. The fourth-order valence-electron chi connectivity index (χ4n) is 5.41. The SMILES string of the molecule is O=C(NCC(=O)N1CCCC1c1ccccc1C(F)(F)F)NCc1ccc2c(c1)[C@H]1C[C@H](N2)[C@H](O)CO1. The lowest BCUT2D eigenvalue weighted by Crippen LogP contribution is -2.46. The number of likely N-dealkylation sites (tertiary alicyclic amines) is 1. The second-order valence-electron chi connectivity index (χ2n) is 9.66. The summed E-state index contributed by atoms with van der Waals surface area (Å²) >= 11 is 0. The number of rotatable bonds is 5. The van der Waals surface area contributed by atoms with E-state index in [4.69, 9.17) is 4.74 Å². The first-order chi connectivity index (χ1) is 17.7. The molecule has 2 fully saturated rings. The van der Waals surface area contributed by atoms with Gasteiger partial charge in [-0.15, -0.1) is 0 Å². The molecule has 5 rings (SSSR count). The second kappa shape index (κ2) is 10.2. The minimum absolute atomic E-state index is 0.0457. The van der Waals surface area contributed by atoms with Gasteiger partial charge >= 0.3 is 12.2 Å². The van der Waals surface area contributed by atoms with Gasteiger partial charge in [0, 0.05) is 30.8 Å².